The van der Waals surface area contributed by atoms with Gasteiger partial charge in [-0.1, -0.05) is 11.2 Å². The minimum Gasteiger partial charge on any atom is -0.340 e. The highest BCUT2D eigenvalue weighted by molar-refractivity contribution is 7.13. The Kier molecular flexibility index (Phi) is 5.56. The summed E-state index contributed by atoms with van der Waals surface area (Å²) in [7, 11) is 0. The standard InChI is InChI=1S/C19H27N5O2S/c1-13-12-15(5-6-20-13)19(25)24-9-7-23(8-10-24)14(2)18-21-17(22-26-18)16-4-3-11-27-16/h3-4,11,13-15,20H,5-10,12H2,1-2H3/t13-,14?,15-/m0/s1. The second-order valence-corrected chi connectivity index (χ2v) is 8.49. The van der Waals surface area contributed by atoms with Gasteiger partial charge in [0.1, 0.15) is 0 Å². The molecule has 2 aliphatic rings. The van der Waals surface area contributed by atoms with E-state index in [1.807, 2.05) is 22.4 Å². The molecular weight excluding hydrogens is 362 g/mol. The highest BCUT2D eigenvalue weighted by atomic mass is 32.1. The Morgan fingerprint density at radius 2 is 2.19 bits per heavy atom. The molecule has 8 heteroatoms. The van der Waals surface area contributed by atoms with Crippen molar-refractivity contribution in [2.75, 3.05) is 32.7 Å². The largest absolute Gasteiger partial charge is 0.340 e. The number of aromatic nitrogens is 2. The minimum atomic E-state index is 0.0577. The summed E-state index contributed by atoms with van der Waals surface area (Å²) in [5, 5.41) is 9.54. The number of piperidine rings is 1. The van der Waals surface area contributed by atoms with Crippen LogP contribution in [0.2, 0.25) is 0 Å². The fourth-order valence-electron chi connectivity index (χ4n) is 4.01. The van der Waals surface area contributed by atoms with Crippen LogP contribution in [-0.2, 0) is 4.79 Å². The van der Waals surface area contributed by atoms with Gasteiger partial charge in [-0.2, -0.15) is 4.98 Å². The SMILES string of the molecule is CC(c1nc(-c2cccs2)no1)N1CCN(C(=O)[C@H]2CCN[C@@H](C)C2)CC1. The lowest BCUT2D eigenvalue weighted by Crippen LogP contribution is -2.52. The summed E-state index contributed by atoms with van der Waals surface area (Å²) in [6, 6.07) is 4.47. The van der Waals surface area contributed by atoms with Gasteiger partial charge < -0.3 is 14.7 Å². The highest BCUT2D eigenvalue weighted by Gasteiger charge is 2.32. The molecule has 7 nitrogen and oxygen atoms in total. The minimum absolute atomic E-state index is 0.0577. The third kappa shape index (κ3) is 4.07. The molecule has 2 fully saturated rings. The molecule has 1 amide bonds. The second kappa shape index (κ2) is 8.08. The van der Waals surface area contributed by atoms with Crippen LogP contribution in [0.3, 0.4) is 0 Å². The molecule has 2 aliphatic heterocycles. The Morgan fingerprint density at radius 1 is 1.37 bits per heavy atom. The molecule has 0 radical (unpaired) electrons. The fourth-order valence-corrected chi connectivity index (χ4v) is 4.66. The Labute approximate surface area is 163 Å². The van der Waals surface area contributed by atoms with Crippen LogP contribution in [0.15, 0.2) is 22.0 Å². The van der Waals surface area contributed by atoms with Gasteiger partial charge in [0.25, 0.3) is 0 Å². The lowest BCUT2D eigenvalue weighted by atomic mass is 9.92. The summed E-state index contributed by atoms with van der Waals surface area (Å²) in [5.41, 5.74) is 0. The molecule has 4 rings (SSSR count). The number of amides is 1. The number of carbonyl (C=O) groups is 1. The van der Waals surface area contributed by atoms with Gasteiger partial charge >= 0.3 is 0 Å². The van der Waals surface area contributed by atoms with Crippen LogP contribution >= 0.6 is 11.3 Å². The van der Waals surface area contributed by atoms with Crippen molar-refractivity contribution < 1.29 is 9.32 Å². The van der Waals surface area contributed by atoms with Crippen LogP contribution in [0.5, 0.6) is 0 Å². The quantitative estimate of drug-likeness (QED) is 0.865. The maximum atomic E-state index is 12.8. The molecular formula is C19H27N5O2S. The van der Waals surface area contributed by atoms with Crippen molar-refractivity contribution in [1.82, 2.24) is 25.3 Å². The zero-order chi connectivity index (χ0) is 18.8. The van der Waals surface area contributed by atoms with Crippen molar-refractivity contribution in [1.29, 1.82) is 0 Å². The molecule has 0 spiro atoms. The lowest BCUT2D eigenvalue weighted by molar-refractivity contribution is -0.138. The van der Waals surface area contributed by atoms with Crippen molar-refractivity contribution in [3.63, 3.8) is 0 Å². The van der Waals surface area contributed by atoms with E-state index in [-0.39, 0.29) is 12.0 Å². The molecule has 1 unspecified atom stereocenters. The number of hydrogen-bond donors (Lipinski definition) is 1. The predicted molar refractivity (Wildman–Crippen MR) is 104 cm³/mol. The number of piperazine rings is 1. The Hall–Kier alpha value is -1.77. The molecule has 2 aromatic rings. The van der Waals surface area contributed by atoms with Crippen LogP contribution in [0, 0.1) is 5.92 Å². The normalized spacial score (nSPS) is 25.5. The van der Waals surface area contributed by atoms with Crippen molar-refractivity contribution in [3.05, 3.63) is 23.4 Å². The molecule has 0 bridgehead atoms. The zero-order valence-corrected chi connectivity index (χ0v) is 16.7. The maximum Gasteiger partial charge on any atom is 0.244 e. The summed E-state index contributed by atoms with van der Waals surface area (Å²) in [5.74, 6) is 1.80. The topological polar surface area (TPSA) is 74.5 Å². The van der Waals surface area contributed by atoms with Crippen molar-refractivity contribution >= 4 is 17.2 Å². The van der Waals surface area contributed by atoms with Gasteiger partial charge in [-0.15, -0.1) is 11.3 Å². The van der Waals surface area contributed by atoms with Gasteiger partial charge in [0.15, 0.2) is 0 Å². The number of carbonyl (C=O) groups excluding carboxylic acids is 1. The van der Waals surface area contributed by atoms with Crippen LogP contribution in [-0.4, -0.2) is 64.6 Å². The summed E-state index contributed by atoms with van der Waals surface area (Å²) in [6.07, 6.45) is 1.90. The monoisotopic (exact) mass is 389 g/mol. The van der Waals surface area contributed by atoms with E-state index in [0.29, 0.717) is 23.7 Å². The van der Waals surface area contributed by atoms with E-state index in [9.17, 15) is 4.79 Å². The molecule has 0 saturated carbocycles. The smallest absolute Gasteiger partial charge is 0.244 e. The number of nitrogens with one attached hydrogen (secondary N) is 1. The van der Waals surface area contributed by atoms with E-state index in [0.717, 1.165) is 50.4 Å². The van der Waals surface area contributed by atoms with Crippen LogP contribution < -0.4 is 5.32 Å². The van der Waals surface area contributed by atoms with Crippen LogP contribution in [0.25, 0.3) is 10.7 Å². The fraction of sp³-hybridized carbons (Fsp3) is 0.632. The van der Waals surface area contributed by atoms with Gasteiger partial charge in [0.2, 0.25) is 17.6 Å². The number of rotatable bonds is 4. The van der Waals surface area contributed by atoms with E-state index in [2.05, 4.69) is 34.2 Å². The first-order valence-electron chi connectivity index (χ1n) is 9.75. The van der Waals surface area contributed by atoms with Gasteiger partial charge in [0.05, 0.1) is 10.9 Å². The van der Waals surface area contributed by atoms with E-state index in [4.69, 9.17) is 4.52 Å². The zero-order valence-electron chi connectivity index (χ0n) is 15.9. The molecule has 4 heterocycles. The van der Waals surface area contributed by atoms with Crippen molar-refractivity contribution in [3.8, 4) is 10.7 Å². The average molecular weight is 390 g/mol. The van der Waals surface area contributed by atoms with Gasteiger partial charge in [0, 0.05) is 38.1 Å². The summed E-state index contributed by atoms with van der Waals surface area (Å²) >= 11 is 1.61. The number of hydrogen-bond acceptors (Lipinski definition) is 7. The Bertz CT molecular complexity index is 754. The average Bonchev–Trinajstić information content (AvgIpc) is 3.38. The summed E-state index contributed by atoms with van der Waals surface area (Å²) in [4.78, 5) is 22.8. The van der Waals surface area contributed by atoms with E-state index in [1.165, 1.54) is 0 Å². The first-order valence-corrected chi connectivity index (χ1v) is 10.6. The van der Waals surface area contributed by atoms with Crippen molar-refractivity contribution in [2.24, 2.45) is 5.92 Å². The van der Waals surface area contributed by atoms with E-state index < -0.39 is 0 Å². The van der Waals surface area contributed by atoms with Crippen molar-refractivity contribution in [2.45, 2.75) is 38.8 Å². The van der Waals surface area contributed by atoms with Gasteiger partial charge in [-0.3, -0.25) is 9.69 Å². The Balaban J connectivity index is 1.33. The predicted octanol–water partition coefficient (Wildman–Crippen LogP) is 2.39. The van der Waals surface area contributed by atoms with Crippen LogP contribution in [0.1, 0.15) is 38.6 Å². The first-order chi connectivity index (χ1) is 13.1. The number of thiophene rings is 1. The molecule has 2 saturated heterocycles. The van der Waals surface area contributed by atoms with Gasteiger partial charge in [-0.05, 0) is 44.7 Å². The third-order valence-electron chi connectivity index (χ3n) is 5.69. The first kappa shape index (κ1) is 18.6. The molecule has 146 valence electrons. The van der Waals surface area contributed by atoms with E-state index >= 15 is 0 Å². The lowest BCUT2D eigenvalue weighted by Gasteiger charge is -2.39. The molecule has 27 heavy (non-hydrogen) atoms. The molecule has 1 N–H and O–H groups in total. The second-order valence-electron chi connectivity index (χ2n) is 7.55. The summed E-state index contributed by atoms with van der Waals surface area (Å²) in [6.45, 7) is 8.42. The summed E-state index contributed by atoms with van der Waals surface area (Å²) < 4.78 is 5.50. The molecule has 3 atom stereocenters. The maximum absolute atomic E-state index is 12.8. The Morgan fingerprint density at radius 3 is 2.89 bits per heavy atom. The van der Waals surface area contributed by atoms with E-state index in [1.54, 1.807) is 11.3 Å². The van der Waals surface area contributed by atoms with Crippen LogP contribution in [0.4, 0.5) is 0 Å². The third-order valence-corrected chi connectivity index (χ3v) is 6.55. The molecule has 2 aromatic heterocycles. The molecule has 0 aromatic carbocycles. The number of nitrogens with zero attached hydrogens (tertiary/aromatic N) is 4. The highest BCUT2D eigenvalue weighted by Crippen LogP contribution is 2.26. The molecule has 0 aliphatic carbocycles. The van der Waals surface area contributed by atoms with Gasteiger partial charge in [-0.25, -0.2) is 0 Å².